The third kappa shape index (κ3) is 3.27. The standard InChI is InChI=1S/C17H14FN3O4/c1-23-13-8-7-10(9-14(13)24-2)15-16(21-25-20-15)19-17(22)11-5-3-4-6-12(11)18/h3-9H,1-2H3,(H,19,21,22). The summed E-state index contributed by atoms with van der Waals surface area (Å²) in [5.41, 5.74) is 0.761. The fourth-order valence-corrected chi connectivity index (χ4v) is 2.26. The number of benzene rings is 2. The fraction of sp³-hybridized carbons (Fsp3) is 0.118. The molecule has 1 aromatic heterocycles. The lowest BCUT2D eigenvalue weighted by Crippen LogP contribution is -2.14. The van der Waals surface area contributed by atoms with Gasteiger partial charge < -0.3 is 14.8 Å². The molecule has 0 bridgehead atoms. The molecule has 1 N–H and O–H groups in total. The Kier molecular flexibility index (Phi) is 4.60. The van der Waals surface area contributed by atoms with Crippen molar-refractivity contribution in [2.45, 2.75) is 0 Å². The van der Waals surface area contributed by atoms with Gasteiger partial charge in [0, 0.05) is 5.56 Å². The first-order valence-electron chi connectivity index (χ1n) is 7.25. The van der Waals surface area contributed by atoms with E-state index in [2.05, 4.69) is 15.6 Å². The van der Waals surface area contributed by atoms with Gasteiger partial charge in [0.25, 0.3) is 5.91 Å². The number of hydrogen-bond donors (Lipinski definition) is 1. The molecule has 0 aliphatic rings. The van der Waals surface area contributed by atoms with Crippen LogP contribution in [0, 0.1) is 5.82 Å². The number of nitrogens with zero attached hydrogens (tertiary/aromatic N) is 2. The van der Waals surface area contributed by atoms with Crippen molar-refractivity contribution in [1.82, 2.24) is 10.3 Å². The van der Waals surface area contributed by atoms with Gasteiger partial charge in [0.05, 0.1) is 19.8 Å². The fourth-order valence-electron chi connectivity index (χ4n) is 2.26. The first-order chi connectivity index (χ1) is 12.1. The van der Waals surface area contributed by atoms with E-state index in [1.54, 1.807) is 24.3 Å². The Labute approximate surface area is 142 Å². The lowest BCUT2D eigenvalue weighted by Gasteiger charge is -2.09. The van der Waals surface area contributed by atoms with Crippen molar-refractivity contribution in [3.05, 3.63) is 53.8 Å². The van der Waals surface area contributed by atoms with Gasteiger partial charge in [-0.2, -0.15) is 0 Å². The highest BCUT2D eigenvalue weighted by Gasteiger charge is 2.19. The Hall–Kier alpha value is -3.42. The molecule has 0 saturated carbocycles. The number of amides is 1. The number of carbonyl (C=O) groups excluding carboxylic acids is 1. The second-order valence-corrected chi connectivity index (χ2v) is 4.97. The third-order valence-corrected chi connectivity index (χ3v) is 3.50. The number of methoxy groups -OCH3 is 2. The smallest absolute Gasteiger partial charge is 0.259 e. The Morgan fingerprint density at radius 2 is 1.84 bits per heavy atom. The molecule has 0 unspecified atom stereocenters. The zero-order valence-electron chi connectivity index (χ0n) is 13.4. The van der Waals surface area contributed by atoms with Crippen LogP contribution < -0.4 is 14.8 Å². The summed E-state index contributed by atoms with van der Waals surface area (Å²) in [5, 5.41) is 9.96. The monoisotopic (exact) mass is 343 g/mol. The highest BCUT2D eigenvalue weighted by atomic mass is 19.1. The second-order valence-electron chi connectivity index (χ2n) is 4.97. The van der Waals surface area contributed by atoms with Crippen molar-refractivity contribution in [3.8, 4) is 22.8 Å². The van der Waals surface area contributed by atoms with Gasteiger partial charge in [0.15, 0.2) is 17.2 Å². The van der Waals surface area contributed by atoms with E-state index < -0.39 is 11.7 Å². The Bertz CT molecular complexity index is 910. The Balaban J connectivity index is 1.91. The van der Waals surface area contributed by atoms with Crippen LogP contribution in [0.4, 0.5) is 10.2 Å². The summed E-state index contributed by atoms with van der Waals surface area (Å²) >= 11 is 0. The van der Waals surface area contributed by atoms with Gasteiger partial charge in [-0.1, -0.05) is 12.1 Å². The van der Waals surface area contributed by atoms with Gasteiger partial charge >= 0.3 is 0 Å². The number of carbonyl (C=O) groups is 1. The second kappa shape index (κ2) is 7.00. The van der Waals surface area contributed by atoms with E-state index in [4.69, 9.17) is 14.1 Å². The van der Waals surface area contributed by atoms with Crippen LogP contribution in [0.15, 0.2) is 47.1 Å². The highest BCUT2D eigenvalue weighted by Crippen LogP contribution is 2.33. The van der Waals surface area contributed by atoms with E-state index in [1.807, 2.05) is 0 Å². The molecule has 2 aromatic carbocycles. The van der Waals surface area contributed by atoms with E-state index in [0.29, 0.717) is 17.1 Å². The summed E-state index contributed by atoms with van der Waals surface area (Å²) in [5.74, 6) is -0.200. The van der Waals surface area contributed by atoms with Gasteiger partial charge in [-0.25, -0.2) is 9.02 Å². The molecule has 0 radical (unpaired) electrons. The van der Waals surface area contributed by atoms with Crippen molar-refractivity contribution in [3.63, 3.8) is 0 Å². The van der Waals surface area contributed by atoms with Gasteiger partial charge in [0.2, 0.25) is 5.82 Å². The van der Waals surface area contributed by atoms with Crippen molar-refractivity contribution >= 4 is 11.7 Å². The zero-order chi connectivity index (χ0) is 17.8. The van der Waals surface area contributed by atoms with Gasteiger partial charge in [-0.15, -0.1) is 0 Å². The van der Waals surface area contributed by atoms with Crippen molar-refractivity contribution in [2.75, 3.05) is 19.5 Å². The summed E-state index contributed by atoms with van der Waals surface area (Å²) in [7, 11) is 3.03. The number of ether oxygens (including phenoxy) is 2. The van der Waals surface area contributed by atoms with E-state index >= 15 is 0 Å². The molecular weight excluding hydrogens is 329 g/mol. The SMILES string of the molecule is COc1ccc(-c2nonc2NC(=O)c2ccccc2F)cc1OC. The Morgan fingerprint density at radius 1 is 1.08 bits per heavy atom. The molecule has 3 rings (SSSR count). The zero-order valence-corrected chi connectivity index (χ0v) is 13.4. The number of hydrogen-bond acceptors (Lipinski definition) is 6. The molecule has 0 aliphatic heterocycles. The van der Waals surface area contributed by atoms with Crippen LogP contribution >= 0.6 is 0 Å². The van der Waals surface area contributed by atoms with Crippen molar-refractivity contribution in [1.29, 1.82) is 0 Å². The molecular formula is C17H14FN3O4. The number of anilines is 1. The minimum absolute atomic E-state index is 0.0699. The number of halogens is 1. The predicted octanol–water partition coefficient (Wildman–Crippen LogP) is 3.15. The summed E-state index contributed by atoms with van der Waals surface area (Å²) < 4.78 is 28.9. The molecule has 0 saturated heterocycles. The maximum Gasteiger partial charge on any atom is 0.259 e. The molecule has 128 valence electrons. The number of rotatable bonds is 5. The summed E-state index contributed by atoms with van der Waals surface area (Å²) in [6.45, 7) is 0. The summed E-state index contributed by atoms with van der Waals surface area (Å²) in [6.07, 6.45) is 0. The predicted molar refractivity (Wildman–Crippen MR) is 87.2 cm³/mol. The third-order valence-electron chi connectivity index (χ3n) is 3.50. The molecule has 7 nitrogen and oxygen atoms in total. The van der Waals surface area contributed by atoms with Crippen LogP contribution in [-0.2, 0) is 0 Å². The molecule has 8 heteroatoms. The van der Waals surface area contributed by atoms with Gasteiger partial charge in [0.1, 0.15) is 5.82 Å². The lowest BCUT2D eigenvalue weighted by molar-refractivity contribution is 0.102. The van der Waals surface area contributed by atoms with Gasteiger partial charge in [-0.3, -0.25) is 4.79 Å². The molecule has 0 atom stereocenters. The summed E-state index contributed by atoms with van der Waals surface area (Å²) in [6, 6.07) is 10.7. The normalized spacial score (nSPS) is 10.4. The average Bonchev–Trinajstić information content (AvgIpc) is 3.09. The molecule has 0 aliphatic carbocycles. The highest BCUT2D eigenvalue weighted by molar-refractivity contribution is 6.05. The topological polar surface area (TPSA) is 86.5 Å². The van der Waals surface area contributed by atoms with Gasteiger partial charge in [-0.05, 0) is 40.6 Å². The van der Waals surface area contributed by atoms with Crippen LogP contribution in [-0.4, -0.2) is 30.4 Å². The number of aromatic nitrogens is 2. The van der Waals surface area contributed by atoms with Crippen LogP contribution in [0.2, 0.25) is 0 Å². The first-order valence-corrected chi connectivity index (χ1v) is 7.25. The maximum absolute atomic E-state index is 13.7. The molecule has 3 aromatic rings. The molecule has 1 amide bonds. The summed E-state index contributed by atoms with van der Waals surface area (Å²) in [4.78, 5) is 12.2. The van der Waals surface area contributed by atoms with E-state index in [-0.39, 0.29) is 17.1 Å². The van der Waals surface area contributed by atoms with Crippen LogP contribution in [0.3, 0.4) is 0 Å². The molecule has 0 spiro atoms. The minimum Gasteiger partial charge on any atom is -0.493 e. The molecule has 1 heterocycles. The largest absolute Gasteiger partial charge is 0.493 e. The molecule has 0 fully saturated rings. The number of nitrogens with one attached hydrogen (secondary N) is 1. The quantitative estimate of drug-likeness (QED) is 0.766. The van der Waals surface area contributed by atoms with E-state index in [0.717, 1.165) is 0 Å². The molecule has 25 heavy (non-hydrogen) atoms. The lowest BCUT2D eigenvalue weighted by atomic mass is 10.1. The van der Waals surface area contributed by atoms with Crippen LogP contribution in [0.25, 0.3) is 11.3 Å². The van der Waals surface area contributed by atoms with Crippen molar-refractivity contribution < 1.29 is 23.3 Å². The van der Waals surface area contributed by atoms with Crippen molar-refractivity contribution in [2.24, 2.45) is 0 Å². The average molecular weight is 343 g/mol. The van der Waals surface area contributed by atoms with Crippen LogP contribution in [0.5, 0.6) is 11.5 Å². The maximum atomic E-state index is 13.7. The van der Waals surface area contributed by atoms with Crippen LogP contribution in [0.1, 0.15) is 10.4 Å². The Morgan fingerprint density at radius 3 is 2.56 bits per heavy atom. The van der Waals surface area contributed by atoms with E-state index in [1.165, 1.54) is 32.4 Å². The first kappa shape index (κ1) is 16.4. The van der Waals surface area contributed by atoms with E-state index in [9.17, 15) is 9.18 Å². The minimum atomic E-state index is -0.657.